The van der Waals surface area contributed by atoms with Gasteiger partial charge in [-0.15, -0.1) is 0 Å². The molecule has 1 aromatic rings. The Morgan fingerprint density at radius 3 is 1.86 bits per heavy atom. The van der Waals surface area contributed by atoms with Gasteiger partial charge in [0.1, 0.15) is 0 Å². The van der Waals surface area contributed by atoms with Crippen LogP contribution < -0.4 is 16.0 Å². The van der Waals surface area contributed by atoms with Gasteiger partial charge in [-0.3, -0.25) is 14.4 Å². The standard InChI is InChI=1S/C22H29N3O3/c1-14(26)24-18-2-4-19(5-3-18)25-21(28)13-23-20(27)12-22-9-15-6-16(10-22)8-17(7-15)11-22/h2-5,15-17H,6-13H2,1H3,(H,23,27)(H,24,26)(H,25,28). The van der Waals surface area contributed by atoms with Gasteiger partial charge in [0.25, 0.3) is 0 Å². The smallest absolute Gasteiger partial charge is 0.243 e. The lowest BCUT2D eigenvalue weighted by Crippen LogP contribution is -2.48. The fourth-order valence-corrected chi connectivity index (χ4v) is 6.13. The van der Waals surface area contributed by atoms with Crippen molar-refractivity contribution in [1.82, 2.24) is 5.32 Å². The predicted molar refractivity (Wildman–Crippen MR) is 108 cm³/mol. The van der Waals surface area contributed by atoms with E-state index in [4.69, 9.17) is 0 Å². The molecule has 0 radical (unpaired) electrons. The van der Waals surface area contributed by atoms with Gasteiger partial charge in [-0.05, 0) is 86.0 Å². The molecule has 0 unspecified atom stereocenters. The number of carbonyl (C=O) groups is 3. The Kier molecular flexibility index (Phi) is 5.13. The number of anilines is 2. The van der Waals surface area contributed by atoms with Crippen LogP contribution in [-0.2, 0) is 14.4 Å². The second-order valence-electron chi connectivity index (χ2n) is 9.18. The third-order valence-electron chi connectivity index (χ3n) is 6.64. The van der Waals surface area contributed by atoms with Crippen LogP contribution in [0, 0.1) is 23.2 Å². The molecule has 0 aliphatic heterocycles. The number of rotatable bonds is 6. The lowest BCUT2D eigenvalue weighted by Gasteiger charge is -2.56. The molecule has 0 aromatic heterocycles. The van der Waals surface area contributed by atoms with E-state index in [1.54, 1.807) is 24.3 Å². The molecule has 4 saturated carbocycles. The van der Waals surface area contributed by atoms with Gasteiger partial charge in [-0.2, -0.15) is 0 Å². The molecule has 4 fully saturated rings. The molecule has 0 heterocycles. The van der Waals surface area contributed by atoms with E-state index < -0.39 is 0 Å². The van der Waals surface area contributed by atoms with E-state index in [0.29, 0.717) is 17.8 Å². The molecule has 0 spiro atoms. The Labute approximate surface area is 165 Å². The summed E-state index contributed by atoms with van der Waals surface area (Å²) in [6, 6.07) is 6.89. The molecule has 6 heteroatoms. The first-order chi connectivity index (χ1) is 13.4. The number of carbonyl (C=O) groups excluding carboxylic acids is 3. The van der Waals surface area contributed by atoms with E-state index in [9.17, 15) is 14.4 Å². The maximum atomic E-state index is 12.5. The number of amides is 3. The Bertz CT molecular complexity index is 736. The summed E-state index contributed by atoms with van der Waals surface area (Å²) < 4.78 is 0. The van der Waals surface area contributed by atoms with Gasteiger partial charge >= 0.3 is 0 Å². The highest BCUT2D eigenvalue weighted by Gasteiger charge is 2.51. The summed E-state index contributed by atoms with van der Waals surface area (Å²) in [5.74, 6) is 2.08. The van der Waals surface area contributed by atoms with Crippen molar-refractivity contribution in [2.45, 2.75) is 51.9 Å². The van der Waals surface area contributed by atoms with Crippen molar-refractivity contribution >= 4 is 29.1 Å². The van der Waals surface area contributed by atoms with Crippen molar-refractivity contribution in [2.24, 2.45) is 23.2 Å². The SMILES string of the molecule is CC(=O)Nc1ccc(NC(=O)CNC(=O)CC23CC4CC(CC(C4)C2)C3)cc1. The van der Waals surface area contributed by atoms with Crippen molar-refractivity contribution in [3.63, 3.8) is 0 Å². The van der Waals surface area contributed by atoms with Gasteiger partial charge in [-0.25, -0.2) is 0 Å². The molecular weight excluding hydrogens is 354 g/mol. The van der Waals surface area contributed by atoms with Gasteiger partial charge in [0, 0.05) is 24.7 Å². The highest BCUT2D eigenvalue weighted by molar-refractivity contribution is 5.95. The van der Waals surface area contributed by atoms with Gasteiger partial charge < -0.3 is 16.0 Å². The van der Waals surface area contributed by atoms with Crippen LogP contribution in [0.4, 0.5) is 11.4 Å². The van der Waals surface area contributed by atoms with E-state index in [2.05, 4.69) is 16.0 Å². The summed E-state index contributed by atoms with van der Waals surface area (Å²) in [4.78, 5) is 35.7. The Morgan fingerprint density at radius 2 is 1.36 bits per heavy atom. The minimum Gasteiger partial charge on any atom is -0.347 e. The molecule has 4 aliphatic rings. The second-order valence-corrected chi connectivity index (χ2v) is 9.18. The maximum Gasteiger partial charge on any atom is 0.243 e. The number of benzene rings is 1. The third-order valence-corrected chi connectivity index (χ3v) is 6.64. The van der Waals surface area contributed by atoms with Crippen LogP contribution in [0.15, 0.2) is 24.3 Å². The van der Waals surface area contributed by atoms with Crippen molar-refractivity contribution in [3.8, 4) is 0 Å². The Balaban J connectivity index is 1.23. The number of hydrogen-bond donors (Lipinski definition) is 3. The largest absolute Gasteiger partial charge is 0.347 e. The summed E-state index contributed by atoms with van der Waals surface area (Å²) in [6.45, 7) is 1.43. The van der Waals surface area contributed by atoms with Gasteiger partial charge in [0.2, 0.25) is 17.7 Å². The monoisotopic (exact) mass is 383 g/mol. The van der Waals surface area contributed by atoms with Crippen molar-refractivity contribution in [3.05, 3.63) is 24.3 Å². The van der Waals surface area contributed by atoms with Crippen molar-refractivity contribution in [2.75, 3.05) is 17.2 Å². The summed E-state index contributed by atoms with van der Waals surface area (Å²) in [7, 11) is 0. The number of hydrogen-bond acceptors (Lipinski definition) is 3. The summed E-state index contributed by atoms with van der Waals surface area (Å²) in [5.41, 5.74) is 1.50. The summed E-state index contributed by atoms with van der Waals surface area (Å²) in [5, 5.41) is 8.26. The lowest BCUT2D eigenvalue weighted by molar-refractivity contribution is -0.131. The lowest BCUT2D eigenvalue weighted by atomic mass is 9.49. The first-order valence-corrected chi connectivity index (χ1v) is 10.3. The zero-order chi connectivity index (χ0) is 19.7. The average Bonchev–Trinajstić information content (AvgIpc) is 2.60. The number of nitrogens with one attached hydrogen (secondary N) is 3. The molecule has 150 valence electrons. The zero-order valence-electron chi connectivity index (χ0n) is 16.4. The zero-order valence-corrected chi connectivity index (χ0v) is 16.4. The van der Waals surface area contributed by atoms with Crippen LogP contribution in [0.3, 0.4) is 0 Å². The molecule has 3 amide bonds. The molecule has 0 atom stereocenters. The topological polar surface area (TPSA) is 87.3 Å². The summed E-state index contributed by atoms with van der Waals surface area (Å²) >= 11 is 0. The van der Waals surface area contributed by atoms with Gasteiger partial charge in [0.15, 0.2) is 0 Å². The average molecular weight is 383 g/mol. The van der Waals surface area contributed by atoms with Gasteiger partial charge in [0.05, 0.1) is 6.54 Å². The van der Waals surface area contributed by atoms with E-state index in [1.807, 2.05) is 0 Å². The minimum absolute atomic E-state index is 0.00175. The van der Waals surface area contributed by atoms with E-state index in [0.717, 1.165) is 17.8 Å². The van der Waals surface area contributed by atoms with Crippen molar-refractivity contribution in [1.29, 1.82) is 0 Å². The van der Waals surface area contributed by atoms with Crippen LogP contribution in [0.5, 0.6) is 0 Å². The molecule has 4 aliphatic carbocycles. The molecule has 3 N–H and O–H groups in total. The quantitative estimate of drug-likeness (QED) is 0.704. The molecule has 1 aromatic carbocycles. The van der Waals surface area contributed by atoms with E-state index in [1.165, 1.54) is 45.4 Å². The van der Waals surface area contributed by atoms with Crippen molar-refractivity contribution < 1.29 is 14.4 Å². The van der Waals surface area contributed by atoms with Crippen LogP contribution in [0.1, 0.15) is 51.9 Å². The molecule has 4 bridgehead atoms. The molecule has 0 saturated heterocycles. The molecule has 5 rings (SSSR count). The van der Waals surface area contributed by atoms with Crippen LogP contribution in [-0.4, -0.2) is 24.3 Å². The Hall–Kier alpha value is -2.37. The molecule has 6 nitrogen and oxygen atoms in total. The molecular formula is C22H29N3O3. The van der Waals surface area contributed by atoms with Crippen LogP contribution >= 0.6 is 0 Å². The summed E-state index contributed by atoms with van der Waals surface area (Å²) in [6.07, 6.45) is 8.24. The fraction of sp³-hybridized carbons (Fsp3) is 0.591. The first kappa shape index (κ1) is 19.0. The fourth-order valence-electron chi connectivity index (χ4n) is 6.13. The van der Waals surface area contributed by atoms with Crippen LogP contribution in [0.2, 0.25) is 0 Å². The predicted octanol–water partition coefficient (Wildman–Crippen LogP) is 3.31. The Morgan fingerprint density at radius 1 is 0.857 bits per heavy atom. The third kappa shape index (κ3) is 4.37. The van der Waals surface area contributed by atoms with Gasteiger partial charge in [-0.1, -0.05) is 0 Å². The maximum absolute atomic E-state index is 12.5. The normalized spacial score (nSPS) is 30.0. The second kappa shape index (κ2) is 7.57. The van der Waals surface area contributed by atoms with Crippen LogP contribution in [0.25, 0.3) is 0 Å². The minimum atomic E-state index is -0.244. The highest BCUT2D eigenvalue weighted by Crippen LogP contribution is 2.61. The van der Waals surface area contributed by atoms with E-state index >= 15 is 0 Å². The highest BCUT2D eigenvalue weighted by atomic mass is 16.2. The van der Waals surface area contributed by atoms with E-state index in [-0.39, 0.29) is 29.7 Å². The first-order valence-electron chi connectivity index (χ1n) is 10.3. The molecule has 28 heavy (non-hydrogen) atoms.